The number of carbonyl (C=O) groups is 4. The first kappa shape index (κ1) is 14.7. The van der Waals surface area contributed by atoms with Crippen LogP contribution < -0.4 is 0 Å². The van der Waals surface area contributed by atoms with E-state index in [-0.39, 0.29) is 0 Å². The Morgan fingerprint density at radius 3 is 2.04 bits per heavy atom. The molecule has 6 bridgehead atoms. The van der Waals surface area contributed by atoms with Gasteiger partial charge in [-0.1, -0.05) is 0 Å². The predicted molar refractivity (Wildman–Crippen MR) is 60.0 cm³/mol. The molecule has 5 aliphatic heterocycles. The van der Waals surface area contributed by atoms with E-state index in [2.05, 4.69) is 0 Å². The van der Waals surface area contributed by atoms with Gasteiger partial charge in [0.25, 0.3) is 0 Å². The Labute approximate surface area is 138 Å². The zero-order valence-electron chi connectivity index (χ0n) is 11.0. The van der Waals surface area contributed by atoms with Crippen LogP contribution in [0.5, 0.6) is 0 Å². The summed E-state index contributed by atoms with van der Waals surface area (Å²) in [7, 11) is 0. The molecule has 5 rings (SSSR count). The van der Waals surface area contributed by atoms with Gasteiger partial charge in [0.15, 0.2) is 0 Å². The van der Waals surface area contributed by atoms with Crippen molar-refractivity contribution in [2.45, 2.75) is 30.8 Å². The van der Waals surface area contributed by atoms with Crippen LogP contribution >= 0.6 is 0 Å². The topological polar surface area (TPSA) is 142 Å². The molecule has 6 atom stereocenters. The molecule has 0 N–H and O–H groups in total. The minimum absolute atomic E-state index is 0.970. The Hall–Kier alpha value is -0.644. The maximum absolute atomic E-state index is 12.2. The van der Waals surface area contributed by atoms with Gasteiger partial charge < -0.3 is 0 Å². The van der Waals surface area contributed by atoms with Crippen LogP contribution in [-0.2, 0) is 43.3 Å². The number of hydrogen-bond donors (Lipinski definition) is 0. The van der Waals surface area contributed by atoms with Crippen LogP contribution in [0, 0.1) is 0 Å². The summed E-state index contributed by atoms with van der Waals surface area (Å²) < 4.78 is 41.7. The van der Waals surface area contributed by atoms with Crippen molar-refractivity contribution in [1.82, 2.24) is 0 Å². The molecule has 2 spiro atoms. The van der Waals surface area contributed by atoms with Crippen LogP contribution in [0.4, 0.5) is 0 Å². The van der Waals surface area contributed by atoms with Crippen molar-refractivity contribution in [3.63, 3.8) is 0 Å². The van der Waals surface area contributed by atoms with E-state index in [1.165, 1.54) is 6.92 Å². The average molecular weight is 550 g/mol. The molecule has 0 amide bonds. The number of hydrogen-bond acceptors (Lipinski definition) is 12. The van der Waals surface area contributed by atoms with Gasteiger partial charge in [-0.05, 0) is 0 Å². The van der Waals surface area contributed by atoms with Crippen LogP contribution in [0.1, 0.15) is 6.92 Å². The van der Waals surface area contributed by atoms with Gasteiger partial charge in [-0.2, -0.15) is 0 Å². The standard InChI is InChI=1S/C5H6O6.C4H4O6.2Sb/c1-5(11,4(9)10)2(6)3(7)8;5-1(3(7)8)2(6)4(9)10;;/h2H,1H3,(H,7,8)(H,9,10);1-2H,(H,7,8)(H,9,10);;/q2*-2;2*+4/p-4. The minimum atomic E-state index is -4.96. The second kappa shape index (κ2) is 4.12. The predicted octanol–water partition coefficient (Wildman–Crippen LogP) is -2.97. The van der Waals surface area contributed by atoms with Gasteiger partial charge in [0.1, 0.15) is 0 Å². The van der Waals surface area contributed by atoms with E-state index in [0.717, 1.165) is 0 Å². The van der Waals surface area contributed by atoms with Gasteiger partial charge in [0.05, 0.1) is 0 Å². The van der Waals surface area contributed by atoms with Crippen molar-refractivity contribution in [3.05, 3.63) is 0 Å². The molecule has 0 aromatic carbocycles. The summed E-state index contributed by atoms with van der Waals surface area (Å²) in [5.74, 6) is -3.90. The van der Waals surface area contributed by atoms with E-state index < -0.39 is 88.8 Å². The summed E-state index contributed by atoms with van der Waals surface area (Å²) in [6, 6.07) is 0. The number of rotatable bonds is 0. The number of carbonyl (C=O) groups excluding carboxylic acids is 4. The summed E-state index contributed by atoms with van der Waals surface area (Å²) in [5, 5.41) is 0. The first-order valence-corrected chi connectivity index (χ1v) is 14.6. The van der Waals surface area contributed by atoms with E-state index in [1.54, 1.807) is 0 Å². The quantitative estimate of drug-likeness (QED) is 0.285. The van der Waals surface area contributed by atoms with E-state index in [9.17, 15) is 19.2 Å². The van der Waals surface area contributed by atoms with Crippen molar-refractivity contribution >= 4 is 64.8 Å². The maximum atomic E-state index is 12.2. The van der Waals surface area contributed by atoms with Crippen LogP contribution in [0.2, 0.25) is 0 Å². The summed E-state index contributed by atoms with van der Waals surface area (Å²) >= 11 is -9.89. The van der Waals surface area contributed by atoms with Gasteiger partial charge in [0, 0.05) is 0 Å². The normalized spacial score (nSPS) is 52.8. The molecule has 0 saturated carbocycles. The first-order valence-electron chi connectivity index (χ1n) is 6.24. The molecule has 5 fully saturated rings. The Morgan fingerprint density at radius 2 is 1.35 bits per heavy atom. The molecule has 5 aliphatic rings. The van der Waals surface area contributed by atoms with Crippen LogP contribution in [0.3, 0.4) is 0 Å². The fourth-order valence-electron chi connectivity index (χ4n) is 2.57. The molecular formula is C9H6O12Sb2. The fourth-order valence-corrected chi connectivity index (χ4v) is 13.9. The van der Waals surface area contributed by atoms with Crippen LogP contribution in [-0.4, -0.2) is 88.8 Å². The second-order valence-electron chi connectivity index (χ2n) is 5.24. The summed E-state index contributed by atoms with van der Waals surface area (Å²) in [5.41, 5.74) is -1.94. The Bertz CT molecular complexity index is 709. The average Bonchev–Trinajstić information content (AvgIpc) is 3.09. The van der Waals surface area contributed by atoms with Gasteiger partial charge in [-0.25, -0.2) is 0 Å². The summed E-state index contributed by atoms with van der Waals surface area (Å²) in [6.07, 6.45) is -4.63. The molecule has 5 saturated heterocycles. The van der Waals surface area contributed by atoms with Crippen molar-refractivity contribution in [2.75, 3.05) is 0 Å². The van der Waals surface area contributed by atoms with Crippen molar-refractivity contribution < 1.29 is 43.3 Å². The molecule has 0 aliphatic carbocycles. The molecule has 23 heavy (non-hydrogen) atoms. The van der Waals surface area contributed by atoms with Crippen molar-refractivity contribution in [3.8, 4) is 0 Å². The molecule has 5 heterocycles. The SMILES string of the molecule is CC12[O][Sb]3([O]C(=O)C([O]3)C3[O][Sb]4([O]C3=O)[O]C(=O)C1[O]4)[O]C2=O. The molecule has 0 aromatic heterocycles. The van der Waals surface area contributed by atoms with E-state index in [4.69, 9.17) is 24.1 Å². The monoisotopic (exact) mass is 548 g/mol. The third-order valence-electron chi connectivity index (χ3n) is 3.68. The van der Waals surface area contributed by atoms with E-state index in [1.807, 2.05) is 0 Å². The third-order valence-corrected chi connectivity index (χ3v) is 14.1. The molecule has 12 nitrogen and oxygen atoms in total. The van der Waals surface area contributed by atoms with E-state index in [0.29, 0.717) is 0 Å². The first-order chi connectivity index (χ1) is 10.8. The Morgan fingerprint density at radius 1 is 0.783 bits per heavy atom. The summed E-state index contributed by atoms with van der Waals surface area (Å²) in [4.78, 5) is 48.3. The Kier molecular flexibility index (Phi) is 2.63. The molecule has 0 aromatic rings. The molecule has 6 unspecified atom stereocenters. The van der Waals surface area contributed by atoms with Crippen LogP contribution in [0.15, 0.2) is 0 Å². The Balaban J connectivity index is 1.69. The second-order valence-corrected chi connectivity index (χ2v) is 14.8. The van der Waals surface area contributed by atoms with Gasteiger partial charge >= 0.3 is 139 Å². The molecular weight excluding hydrogens is 544 g/mol. The van der Waals surface area contributed by atoms with E-state index >= 15 is 0 Å². The number of fused-ring (bicyclic) bond motifs is 6. The fraction of sp³-hybridized carbons (Fsp3) is 0.556. The summed E-state index contributed by atoms with van der Waals surface area (Å²) in [6.45, 7) is 1.22. The van der Waals surface area contributed by atoms with Crippen LogP contribution in [0.25, 0.3) is 0 Å². The third kappa shape index (κ3) is 1.71. The van der Waals surface area contributed by atoms with Crippen molar-refractivity contribution in [2.24, 2.45) is 0 Å². The molecule has 14 heteroatoms. The van der Waals surface area contributed by atoms with Crippen molar-refractivity contribution in [1.29, 1.82) is 0 Å². The zero-order valence-corrected chi connectivity index (χ0v) is 16.1. The zero-order chi connectivity index (χ0) is 16.2. The molecule has 124 valence electrons. The van der Waals surface area contributed by atoms with Gasteiger partial charge in [0.2, 0.25) is 0 Å². The van der Waals surface area contributed by atoms with Gasteiger partial charge in [-0.15, -0.1) is 0 Å². The van der Waals surface area contributed by atoms with Gasteiger partial charge in [-0.3, -0.25) is 0 Å². The molecule has 2 radical (unpaired) electrons.